The first-order valence-corrected chi connectivity index (χ1v) is 6.78. The van der Waals surface area contributed by atoms with Crippen molar-refractivity contribution in [3.05, 3.63) is 35.6 Å². The molecule has 2 aromatic rings. The molecule has 0 aliphatic carbocycles. The maximum atomic E-state index is 12.3. The van der Waals surface area contributed by atoms with Gasteiger partial charge in [0.05, 0.1) is 12.8 Å². The molecule has 0 aliphatic heterocycles. The van der Waals surface area contributed by atoms with Crippen molar-refractivity contribution in [3.8, 4) is 0 Å². The van der Waals surface area contributed by atoms with Crippen LogP contribution in [0.2, 0.25) is 0 Å². The Bertz CT molecular complexity index is 609. The van der Waals surface area contributed by atoms with Crippen LogP contribution in [0.3, 0.4) is 0 Å². The number of hydrogen-bond acceptors (Lipinski definition) is 5. The van der Waals surface area contributed by atoms with E-state index in [1.807, 2.05) is 0 Å². The minimum Gasteiger partial charge on any atom is -0.468 e. The van der Waals surface area contributed by atoms with E-state index in [4.69, 9.17) is 8.94 Å². The van der Waals surface area contributed by atoms with E-state index in [9.17, 15) is 8.42 Å². The van der Waals surface area contributed by atoms with Crippen LogP contribution in [0.4, 0.5) is 0 Å². The molecule has 2 aromatic heterocycles. The Morgan fingerprint density at radius 2 is 2.11 bits per heavy atom. The average molecular weight is 270 g/mol. The molecule has 0 spiro atoms. The van der Waals surface area contributed by atoms with Crippen molar-refractivity contribution in [2.24, 2.45) is 0 Å². The summed E-state index contributed by atoms with van der Waals surface area (Å²) < 4.78 is 35.9. The Labute approximate surface area is 105 Å². The summed E-state index contributed by atoms with van der Waals surface area (Å²) in [6.45, 7) is 3.34. The molecule has 0 saturated heterocycles. The molecule has 98 valence electrons. The average Bonchev–Trinajstić information content (AvgIpc) is 2.89. The van der Waals surface area contributed by atoms with Gasteiger partial charge < -0.3 is 8.94 Å². The lowest BCUT2D eigenvalue weighted by molar-refractivity contribution is 0.387. The van der Waals surface area contributed by atoms with Gasteiger partial charge in [0.2, 0.25) is 10.0 Å². The molecule has 7 heteroatoms. The van der Waals surface area contributed by atoms with Crippen LogP contribution in [0, 0.1) is 13.8 Å². The Balaban J connectivity index is 2.32. The molecule has 0 aromatic carbocycles. The van der Waals surface area contributed by atoms with Gasteiger partial charge in [0.1, 0.15) is 16.3 Å². The fourth-order valence-corrected chi connectivity index (χ4v) is 3.13. The first kappa shape index (κ1) is 12.8. The molecule has 18 heavy (non-hydrogen) atoms. The minimum absolute atomic E-state index is 0.122. The van der Waals surface area contributed by atoms with Gasteiger partial charge in [0.15, 0.2) is 5.76 Å². The topological polar surface area (TPSA) is 76.6 Å². The van der Waals surface area contributed by atoms with Gasteiger partial charge in [-0.05, 0) is 26.0 Å². The van der Waals surface area contributed by atoms with Crippen LogP contribution in [0.1, 0.15) is 17.2 Å². The largest absolute Gasteiger partial charge is 0.468 e. The van der Waals surface area contributed by atoms with Crippen LogP contribution in [-0.4, -0.2) is 24.9 Å². The van der Waals surface area contributed by atoms with E-state index in [0.29, 0.717) is 17.2 Å². The summed E-state index contributed by atoms with van der Waals surface area (Å²) in [5, 5.41) is 3.66. The second kappa shape index (κ2) is 4.58. The molecule has 0 atom stereocenters. The molecular formula is C11H14N2O4S. The van der Waals surface area contributed by atoms with Crippen molar-refractivity contribution in [1.29, 1.82) is 0 Å². The number of nitrogens with zero attached hydrogens (tertiary/aromatic N) is 2. The number of furan rings is 1. The third kappa shape index (κ3) is 2.19. The molecule has 2 rings (SSSR count). The van der Waals surface area contributed by atoms with Crippen molar-refractivity contribution in [2.75, 3.05) is 7.05 Å². The zero-order chi connectivity index (χ0) is 13.3. The minimum atomic E-state index is -3.62. The molecular weight excluding hydrogens is 256 g/mol. The molecule has 0 saturated carbocycles. The van der Waals surface area contributed by atoms with Crippen molar-refractivity contribution < 1.29 is 17.4 Å². The van der Waals surface area contributed by atoms with Gasteiger partial charge in [0.25, 0.3) is 0 Å². The fraction of sp³-hybridized carbons (Fsp3) is 0.364. The van der Waals surface area contributed by atoms with E-state index in [-0.39, 0.29) is 11.4 Å². The van der Waals surface area contributed by atoms with Gasteiger partial charge >= 0.3 is 0 Å². The van der Waals surface area contributed by atoms with Crippen molar-refractivity contribution >= 4 is 10.0 Å². The van der Waals surface area contributed by atoms with Gasteiger partial charge in [-0.3, -0.25) is 0 Å². The maximum absolute atomic E-state index is 12.3. The SMILES string of the molecule is Cc1noc(C)c1S(=O)(=O)N(C)Cc1ccco1. The lowest BCUT2D eigenvalue weighted by Crippen LogP contribution is -2.27. The monoisotopic (exact) mass is 270 g/mol. The maximum Gasteiger partial charge on any atom is 0.248 e. The number of aromatic nitrogens is 1. The Morgan fingerprint density at radius 1 is 1.39 bits per heavy atom. The predicted octanol–water partition coefficient (Wildman–Crippen LogP) is 1.71. The van der Waals surface area contributed by atoms with Crippen LogP contribution in [-0.2, 0) is 16.6 Å². The third-order valence-corrected chi connectivity index (χ3v) is 4.64. The first-order chi connectivity index (χ1) is 8.43. The van der Waals surface area contributed by atoms with E-state index in [2.05, 4.69) is 5.16 Å². The van der Waals surface area contributed by atoms with Crippen LogP contribution in [0.5, 0.6) is 0 Å². The highest BCUT2D eigenvalue weighted by molar-refractivity contribution is 7.89. The molecule has 2 heterocycles. The summed E-state index contributed by atoms with van der Waals surface area (Å²) >= 11 is 0. The summed E-state index contributed by atoms with van der Waals surface area (Å²) in [5.41, 5.74) is 0.360. The van der Waals surface area contributed by atoms with Gasteiger partial charge in [0, 0.05) is 7.05 Å². The van der Waals surface area contributed by atoms with Crippen molar-refractivity contribution in [1.82, 2.24) is 9.46 Å². The highest BCUT2D eigenvalue weighted by Crippen LogP contribution is 2.23. The molecule has 0 N–H and O–H groups in total. The highest BCUT2D eigenvalue weighted by atomic mass is 32.2. The normalized spacial score (nSPS) is 12.2. The molecule has 0 fully saturated rings. The molecule has 0 radical (unpaired) electrons. The second-order valence-corrected chi connectivity index (χ2v) is 5.98. The lowest BCUT2D eigenvalue weighted by Gasteiger charge is -2.15. The van der Waals surface area contributed by atoms with Crippen molar-refractivity contribution in [2.45, 2.75) is 25.3 Å². The van der Waals surface area contributed by atoms with Crippen LogP contribution in [0.25, 0.3) is 0 Å². The zero-order valence-corrected chi connectivity index (χ0v) is 11.2. The van der Waals surface area contributed by atoms with Gasteiger partial charge in [-0.2, -0.15) is 4.31 Å². The second-order valence-electron chi connectivity index (χ2n) is 3.99. The summed E-state index contributed by atoms with van der Waals surface area (Å²) in [4.78, 5) is 0.122. The van der Waals surface area contributed by atoms with Crippen LogP contribution >= 0.6 is 0 Å². The highest BCUT2D eigenvalue weighted by Gasteiger charge is 2.28. The summed E-state index contributed by atoms with van der Waals surface area (Å²) in [5.74, 6) is 0.867. The summed E-state index contributed by atoms with van der Waals surface area (Å²) in [6.07, 6.45) is 1.51. The van der Waals surface area contributed by atoms with E-state index in [0.717, 1.165) is 0 Å². The Morgan fingerprint density at radius 3 is 2.61 bits per heavy atom. The smallest absolute Gasteiger partial charge is 0.248 e. The van der Waals surface area contributed by atoms with Gasteiger partial charge in [-0.25, -0.2) is 8.42 Å². The van der Waals surface area contributed by atoms with Crippen LogP contribution < -0.4 is 0 Å². The van der Waals surface area contributed by atoms with E-state index in [1.165, 1.54) is 17.6 Å². The van der Waals surface area contributed by atoms with E-state index >= 15 is 0 Å². The number of aryl methyl sites for hydroxylation is 2. The van der Waals surface area contributed by atoms with Crippen LogP contribution in [0.15, 0.2) is 32.2 Å². The van der Waals surface area contributed by atoms with E-state index < -0.39 is 10.0 Å². The summed E-state index contributed by atoms with van der Waals surface area (Å²) in [7, 11) is -2.13. The molecule has 0 bridgehead atoms. The van der Waals surface area contributed by atoms with E-state index in [1.54, 1.807) is 26.0 Å². The fourth-order valence-electron chi connectivity index (χ4n) is 1.71. The quantitative estimate of drug-likeness (QED) is 0.845. The number of rotatable bonds is 4. The molecule has 0 unspecified atom stereocenters. The molecule has 6 nitrogen and oxygen atoms in total. The third-order valence-electron chi connectivity index (χ3n) is 2.59. The number of hydrogen-bond donors (Lipinski definition) is 0. The van der Waals surface area contributed by atoms with Gasteiger partial charge in [-0.15, -0.1) is 0 Å². The predicted molar refractivity (Wildman–Crippen MR) is 63.3 cm³/mol. The van der Waals surface area contributed by atoms with Crippen molar-refractivity contribution in [3.63, 3.8) is 0 Å². The zero-order valence-electron chi connectivity index (χ0n) is 10.4. The summed E-state index contributed by atoms with van der Waals surface area (Å²) in [6, 6.07) is 3.44. The number of sulfonamides is 1. The molecule has 0 aliphatic rings. The lowest BCUT2D eigenvalue weighted by atomic mass is 10.4. The Kier molecular flexibility index (Phi) is 3.27. The first-order valence-electron chi connectivity index (χ1n) is 5.34. The Hall–Kier alpha value is -1.60. The molecule has 0 amide bonds. The van der Waals surface area contributed by atoms with Gasteiger partial charge in [-0.1, -0.05) is 5.16 Å². The standard InChI is InChI=1S/C11H14N2O4S/c1-8-11(9(2)17-12-8)18(14,15)13(3)7-10-5-4-6-16-10/h4-6H,7H2,1-3H3.